The topological polar surface area (TPSA) is 47.8 Å². The second-order valence-corrected chi connectivity index (χ2v) is 6.76. The molecule has 0 aliphatic rings. The summed E-state index contributed by atoms with van der Waals surface area (Å²) in [4.78, 5) is 12.8. The molecular weight excluding hydrogens is 314 g/mol. The monoisotopic (exact) mass is 329 g/mol. The molecule has 0 unspecified atom stereocenters. The number of hydrogen-bond donors (Lipinski definition) is 0. The normalized spacial score (nSPS) is 10.8. The molecule has 2 heterocycles. The molecule has 0 atom stereocenters. The Balaban J connectivity index is 1.77. The van der Waals surface area contributed by atoms with Gasteiger partial charge in [0, 0.05) is 12.6 Å². The summed E-state index contributed by atoms with van der Waals surface area (Å²) in [6, 6.07) is 11.8. The molecule has 22 heavy (non-hydrogen) atoms. The average molecular weight is 329 g/mol. The van der Waals surface area contributed by atoms with Crippen LogP contribution in [0.15, 0.2) is 46.9 Å². The van der Waals surface area contributed by atoms with Gasteiger partial charge in [0.05, 0.1) is 10.6 Å². The summed E-state index contributed by atoms with van der Waals surface area (Å²) < 4.78 is 1.94. The van der Waals surface area contributed by atoms with Crippen LogP contribution in [0.3, 0.4) is 0 Å². The highest BCUT2D eigenvalue weighted by Crippen LogP contribution is 2.25. The Morgan fingerprint density at radius 1 is 1.23 bits per heavy atom. The van der Waals surface area contributed by atoms with Gasteiger partial charge in [0.15, 0.2) is 16.8 Å². The van der Waals surface area contributed by atoms with Crippen molar-refractivity contribution < 1.29 is 4.79 Å². The van der Waals surface area contributed by atoms with Crippen LogP contribution >= 0.6 is 23.1 Å². The number of carbonyl (C=O) groups is 1. The average Bonchev–Trinajstić information content (AvgIpc) is 3.16. The van der Waals surface area contributed by atoms with Gasteiger partial charge in [-0.15, -0.1) is 21.5 Å². The lowest BCUT2D eigenvalue weighted by Gasteiger charge is -2.05. The molecule has 0 spiro atoms. The van der Waals surface area contributed by atoms with Crippen molar-refractivity contribution in [3.63, 3.8) is 0 Å². The van der Waals surface area contributed by atoms with E-state index in [-0.39, 0.29) is 5.78 Å². The lowest BCUT2D eigenvalue weighted by atomic mass is 10.1. The van der Waals surface area contributed by atoms with E-state index < -0.39 is 0 Å². The fraction of sp³-hybridized carbons (Fsp3) is 0.188. The van der Waals surface area contributed by atoms with Gasteiger partial charge in [-0.2, -0.15) is 0 Å². The molecule has 6 heteroatoms. The molecule has 0 amide bonds. The first-order chi connectivity index (χ1) is 10.7. The van der Waals surface area contributed by atoms with Crippen molar-refractivity contribution in [3.8, 4) is 11.4 Å². The first-order valence-corrected chi connectivity index (χ1v) is 8.68. The molecule has 0 saturated heterocycles. The van der Waals surface area contributed by atoms with Crippen LogP contribution in [0.5, 0.6) is 0 Å². The fourth-order valence-electron chi connectivity index (χ4n) is 2.14. The van der Waals surface area contributed by atoms with Crippen LogP contribution in [0.2, 0.25) is 0 Å². The maximum absolute atomic E-state index is 12.1. The minimum atomic E-state index is 0.125. The van der Waals surface area contributed by atoms with Gasteiger partial charge in [-0.1, -0.05) is 42.1 Å². The summed E-state index contributed by atoms with van der Waals surface area (Å²) in [5, 5.41) is 11.2. The molecular formula is C16H15N3OS2. The van der Waals surface area contributed by atoms with Crippen LogP contribution in [0, 0.1) is 6.92 Å². The van der Waals surface area contributed by atoms with E-state index >= 15 is 0 Å². The number of hydrogen-bond acceptors (Lipinski definition) is 5. The van der Waals surface area contributed by atoms with Crippen LogP contribution in [0.25, 0.3) is 11.4 Å². The van der Waals surface area contributed by atoms with Gasteiger partial charge in [0.2, 0.25) is 0 Å². The van der Waals surface area contributed by atoms with E-state index in [1.165, 1.54) is 23.1 Å². The Morgan fingerprint density at radius 3 is 2.77 bits per heavy atom. The number of ketones is 1. The summed E-state index contributed by atoms with van der Waals surface area (Å²) in [6.07, 6.45) is 0. The number of thiophene rings is 1. The lowest BCUT2D eigenvalue weighted by molar-refractivity contribution is 0.102. The van der Waals surface area contributed by atoms with Crippen molar-refractivity contribution in [3.05, 3.63) is 52.2 Å². The predicted molar refractivity (Wildman–Crippen MR) is 90.5 cm³/mol. The highest BCUT2D eigenvalue weighted by molar-refractivity contribution is 7.99. The number of thioether (sulfide) groups is 1. The second-order valence-electron chi connectivity index (χ2n) is 4.87. The van der Waals surface area contributed by atoms with Crippen molar-refractivity contribution in [2.45, 2.75) is 12.1 Å². The summed E-state index contributed by atoms with van der Waals surface area (Å²) >= 11 is 2.89. The summed E-state index contributed by atoms with van der Waals surface area (Å²) in [5.74, 6) is 1.32. The number of carbonyl (C=O) groups excluding carboxylic acids is 1. The Bertz CT molecular complexity index is 794. The Morgan fingerprint density at radius 2 is 2.05 bits per heavy atom. The smallest absolute Gasteiger partial charge is 0.191 e. The molecule has 3 rings (SSSR count). The minimum Gasteiger partial charge on any atom is -0.305 e. The highest BCUT2D eigenvalue weighted by atomic mass is 32.2. The van der Waals surface area contributed by atoms with Crippen molar-refractivity contribution in [2.24, 2.45) is 7.05 Å². The molecule has 0 aliphatic heterocycles. The second kappa shape index (κ2) is 6.46. The van der Waals surface area contributed by atoms with Gasteiger partial charge >= 0.3 is 0 Å². The minimum absolute atomic E-state index is 0.125. The molecule has 0 fully saturated rings. The molecule has 0 bridgehead atoms. The lowest BCUT2D eigenvalue weighted by Crippen LogP contribution is -2.02. The molecule has 1 aromatic carbocycles. The zero-order chi connectivity index (χ0) is 15.5. The zero-order valence-corrected chi connectivity index (χ0v) is 13.9. The molecule has 2 aromatic heterocycles. The van der Waals surface area contributed by atoms with Gasteiger partial charge in [0.25, 0.3) is 0 Å². The molecule has 0 radical (unpaired) electrons. The standard InChI is InChI=1S/C16H15N3OS2/c1-11-6-3-4-7-12(11)15-17-18-16(19(15)2)22-10-13(20)14-8-5-9-21-14/h3-9H,10H2,1-2H3. The van der Waals surface area contributed by atoms with Gasteiger partial charge in [-0.25, -0.2) is 0 Å². The molecule has 0 aliphatic carbocycles. The summed E-state index contributed by atoms with van der Waals surface area (Å²) in [5.41, 5.74) is 2.22. The predicted octanol–water partition coefficient (Wildman–Crippen LogP) is 3.83. The zero-order valence-electron chi connectivity index (χ0n) is 12.3. The fourth-order valence-corrected chi connectivity index (χ4v) is 3.69. The van der Waals surface area contributed by atoms with E-state index in [1.54, 1.807) is 0 Å². The van der Waals surface area contributed by atoms with E-state index in [9.17, 15) is 4.79 Å². The van der Waals surface area contributed by atoms with E-state index in [1.807, 2.05) is 47.3 Å². The highest BCUT2D eigenvalue weighted by Gasteiger charge is 2.15. The number of Topliss-reactive ketones (excluding diaryl/α,β-unsaturated/α-hetero) is 1. The van der Waals surface area contributed by atoms with Crippen molar-refractivity contribution in [1.29, 1.82) is 0 Å². The maximum atomic E-state index is 12.1. The van der Waals surface area contributed by atoms with Crippen molar-refractivity contribution in [2.75, 3.05) is 5.75 Å². The molecule has 3 aromatic rings. The molecule has 0 N–H and O–H groups in total. The van der Waals surface area contributed by atoms with Crippen molar-refractivity contribution >= 4 is 28.9 Å². The number of nitrogens with zero attached hydrogens (tertiary/aromatic N) is 3. The summed E-state index contributed by atoms with van der Waals surface area (Å²) in [7, 11) is 1.93. The molecule has 4 nitrogen and oxygen atoms in total. The van der Waals surface area contributed by atoms with Crippen LogP contribution in [0.4, 0.5) is 0 Å². The van der Waals surface area contributed by atoms with Gasteiger partial charge in [-0.05, 0) is 23.9 Å². The SMILES string of the molecule is Cc1ccccc1-c1nnc(SCC(=O)c2cccs2)n1C. The van der Waals surface area contributed by atoms with Crippen LogP contribution < -0.4 is 0 Å². The van der Waals surface area contributed by atoms with Gasteiger partial charge in [0.1, 0.15) is 0 Å². The van der Waals surface area contributed by atoms with Crippen LogP contribution in [-0.2, 0) is 7.05 Å². The third-order valence-corrected chi connectivity index (χ3v) is 5.28. The Labute approximate surface area is 137 Å². The van der Waals surface area contributed by atoms with Crippen LogP contribution in [-0.4, -0.2) is 26.3 Å². The summed E-state index contributed by atoms with van der Waals surface area (Å²) in [6.45, 7) is 2.05. The van der Waals surface area contributed by atoms with Gasteiger partial charge < -0.3 is 4.57 Å². The van der Waals surface area contributed by atoms with Gasteiger partial charge in [-0.3, -0.25) is 4.79 Å². The van der Waals surface area contributed by atoms with Crippen LogP contribution in [0.1, 0.15) is 15.2 Å². The maximum Gasteiger partial charge on any atom is 0.191 e. The number of aromatic nitrogens is 3. The quantitative estimate of drug-likeness (QED) is 0.527. The largest absolute Gasteiger partial charge is 0.305 e. The van der Waals surface area contributed by atoms with E-state index in [2.05, 4.69) is 23.2 Å². The number of benzene rings is 1. The third kappa shape index (κ3) is 2.98. The van der Waals surface area contributed by atoms with E-state index in [4.69, 9.17) is 0 Å². The van der Waals surface area contributed by atoms with Crippen molar-refractivity contribution in [1.82, 2.24) is 14.8 Å². The van der Waals surface area contributed by atoms with E-state index in [0.29, 0.717) is 5.75 Å². The number of aryl methyl sites for hydroxylation is 1. The van der Waals surface area contributed by atoms with E-state index in [0.717, 1.165) is 27.0 Å². The first kappa shape index (κ1) is 15.0. The third-order valence-electron chi connectivity index (χ3n) is 3.35. The molecule has 112 valence electrons. The Kier molecular flexibility index (Phi) is 4.40. The molecule has 0 saturated carbocycles. The Hall–Kier alpha value is -1.92. The number of rotatable bonds is 5. The first-order valence-electron chi connectivity index (χ1n) is 6.81.